The minimum absolute atomic E-state index is 0.154. The Balaban J connectivity index is 2.51. The number of hydrogen-bond donors (Lipinski definition) is 2. The number of carboxylic acid groups (broad SMARTS) is 1. The van der Waals surface area contributed by atoms with Crippen LogP contribution < -0.4 is 0 Å². The lowest BCUT2D eigenvalue weighted by atomic mass is 10.2. The van der Waals surface area contributed by atoms with Crippen LogP contribution in [0.4, 0.5) is 4.39 Å². The topological polar surface area (TPSA) is 75.2 Å². The maximum Gasteiger partial charge on any atom is 0.338 e. The highest BCUT2D eigenvalue weighted by molar-refractivity contribution is 6.00. The van der Waals surface area contributed by atoms with Crippen molar-refractivity contribution >= 4 is 17.0 Å². The first kappa shape index (κ1) is 11.5. The molecule has 1 aromatic heterocycles. The van der Waals surface area contributed by atoms with Gasteiger partial charge in [-0.3, -0.25) is 0 Å². The number of hydrogen-bond acceptors (Lipinski definition) is 3. The van der Waals surface area contributed by atoms with E-state index in [1.807, 2.05) is 6.92 Å². The normalized spacial score (nSPS) is 10.9. The van der Waals surface area contributed by atoms with E-state index in [1.165, 1.54) is 6.07 Å². The van der Waals surface area contributed by atoms with Crippen molar-refractivity contribution < 1.29 is 19.0 Å². The van der Waals surface area contributed by atoms with Crippen LogP contribution in [0.15, 0.2) is 12.1 Å². The van der Waals surface area contributed by atoms with E-state index in [-0.39, 0.29) is 17.7 Å². The molecule has 90 valence electrons. The molecule has 0 spiro atoms. The summed E-state index contributed by atoms with van der Waals surface area (Å²) in [5.74, 6) is -1.33. The number of imidazole rings is 1. The van der Waals surface area contributed by atoms with Crippen LogP contribution in [0.3, 0.4) is 0 Å². The first-order valence-electron chi connectivity index (χ1n) is 5.11. The third-order valence-corrected chi connectivity index (χ3v) is 2.27. The Labute approximate surface area is 96.2 Å². The van der Waals surface area contributed by atoms with Crippen LogP contribution in [0, 0.1) is 5.82 Å². The summed E-state index contributed by atoms with van der Waals surface area (Å²) in [7, 11) is 0. The molecule has 0 atom stereocenters. The van der Waals surface area contributed by atoms with Gasteiger partial charge < -0.3 is 14.8 Å². The van der Waals surface area contributed by atoms with Gasteiger partial charge in [0.25, 0.3) is 0 Å². The van der Waals surface area contributed by atoms with Gasteiger partial charge in [0.2, 0.25) is 0 Å². The van der Waals surface area contributed by atoms with Crippen LogP contribution >= 0.6 is 0 Å². The van der Waals surface area contributed by atoms with Crippen molar-refractivity contribution in [2.45, 2.75) is 13.5 Å². The van der Waals surface area contributed by atoms with E-state index in [0.29, 0.717) is 17.9 Å². The van der Waals surface area contributed by atoms with Crippen LogP contribution in [-0.4, -0.2) is 27.7 Å². The van der Waals surface area contributed by atoms with E-state index in [2.05, 4.69) is 9.97 Å². The highest BCUT2D eigenvalue weighted by atomic mass is 19.1. The van der Waals surface area contributed by atoms with Crippen LogP contribution in [0.2, 0.25) is 0 Å². The first-order chi connectivity index (χ1) is 8.11. The SMILES string of the molecule is CCOCc1nc2c(C(=O)O)cc(F)cc2[nH]1. The van der Waals surface area contributed by atoms with Gasteiger partial charge in [0.15, 0.2) is 0 Å². The zero-order chi connectivity index (χ0) is 12.4. The summed E-state index contributed by atoms with van der Waals surface area (Å²) in [5, 5.41) is 8.94. The number of aromatic nitrogens is 2. The molecule has 2 N–H and O–H groups in total. The van der Waals surface area contributed by atoms with Crippen molar-refractivity contribution in [3.8, 4) is 0 Å². The van der Waals surface area contributed by atoms with E-state index in [4.69, 9.17) is 9.84 Å². The lowest BCUT2D eigenvalue weighted by Crippen LogP contribution is -1.98. The van der Waals surface area contributed by atoms with Crippen LogP contribution in [0.25, 0.3) is 11.0 Å². The molecule has 1 heterocycles. The Morgan fingerprint density at radius 2 is 2.35 bits per heavy atom. The number of aromatic amines is 1. The smallest absolute Gasteiger partial charge is 0.338 e. The summed E-state index contributed by atoms with van der Waals surface area (Å²) in [6, 6.07) is 2.17. The van der Waals surface area contributed by atoms with Gasteiger partial charge in [0.05, 0.1) is 11.1 Å². The van der Waals surface area contributed by atoms with E-state index in [9.17, 15) is 9.18 Å². The molecule has 2 aromatic rings. The zero-order valence-corrected chi connectivity index (χ0v) is 9.16. The van der Waals surface area contributed by atoms with E-state index >= 15 is 0 Å². The standard InChI is InChI=1S/C11H11FN2O3/c1-2-17-5-9-13-8-4-6(12)3-7(11(15)16)10(8)14-9/h3-4H,2,5H2,1H3,(H,13,14)(H,15,16). The third-order valence-electron chi connectivity index (χ3n) is 2.27. The van der Waals surface area contributed by atoms with Crippen LogP contribution in [0.1, 0.15) is 23.1 Å². The molecule has 0 aliphatic heterocycles. The fourth-order valence-corrected chi connectivity index (χ4v) is 1.56. The second-order valence-electron chi connectivity index (χ2n) is 3.48. The molecule has 5 nitrogen and oxygen atoms in total. The van der Waals surface area contributed by atoms with Crippen molar-refractivity contribution in [2.24, 2.45) is 0 Å². The number of nitrogens with zero attached hydrogens (tertiary/aromatic N) is 1. The summed E-state index contributed by atoms with van der Waals surface area (Å²) < 4.78 is 18.3. The van der Waals surface area contributed by atoms with Gasteiger partial charge in [-0.25, -0.2) is 14.2 Å². The fourth-order valence-electron chi connectivity index (χ4n) is 1.56. The lowest BCUT2D eigenvalue weighted by molar-refractivity contribution is 0.0698. The molecule has 0 amide bonds. The van der Waals surface area contributed by atoms with Crippen molar-refractivity contribution in [3.05, 3.63) is 29.3 Å². The molecule has 0 aliphatic rings. The quantitative estimate of drug-likeness (QED) is 0.853. The van der Waals surface area contributed by atoms with Gasteiger partial charge in [0, 0.05) is 6.61 Å². The van der Waals surface area contributed by atoms with Crippen molar-refractivity contribution in [3.63, 3.8) is 0 Å². The largest absolute Gasteiger partial charge is 0.478 e. The number of carbonyl (C=O) groups is 1. The zero-order valence-electron chi connectivity index (χ0n) is 9.16. The van der Waals surface area contributed by atoms with Crippen molar-refractivity contribution in [2.75, 3.05) is 6.61 Å². The summed E-state index contributed by atoms with van der Waals surface area (Å²) in [6.45, 7) is 2.61. The molecule has 0 bridgehead atoms. The van der Waals surface area contributed by atoms with Gasteiger partial charge in [-0.1, -0.05) is 0 Å². The van der Waals surface area contributed by atoms with Crippen LogP contribution in [0.5, 0.6) is 0 Å². The number of benzene rings is 1. The predicted molar refractivity (Wildman–Crippen MR) is 58.3 cm³/mol. The summed E-state index contributed by atoms with van der Waals surface area (Å²) >= 11 is 0. The first-order valence-corrected chi connectivity index (χ1v) is 5.11. The average Bonchev–Trinajstić information content (AvgIpc) is 2.67. The summed E-state index contributed by atoms with van der Waals surface area (Å²) in [4.78, 5) is 17.9. The van der Waals surface area contributed by atoms with Gasteiger partial charge >= 0.3 is 5.97 Å². The van der Waals surface area contributed by atoms with Gasteiger partial charge in [-0.15, -0.1) is 0 Å². The van der Waals surface area contributed by atoms with E-state index in [1.54, 1.807) is 0 Å². The predicted octanol–water partition coefficient (Wildman–Crippen LogP) is 1.94. The molecule has 0 saturated heterocycles. The van der Waals surface area contributed by atoms with Crippen LogP contribution in [-0.2, 0) is 11.3 Å². The van der Waals surface area contributed by atoms with Crippen molar-refractivity contribution in [1.82, 2.24) is 9.97 Å². The van der Waals surface area contributed by atoms with Crippen molar-refractivity contribution in [1.29, 1.82) is 0 Å². The molecule has 0 saturated carbocycles. The maximum atomic E-state index is 13.2. The molecular weight excluding hydrogens is 227 g/mol. The minimum Gasteiger partial charge on any atom is -0.478 e. The Morgan fingerprint density at radius 3 is 3.00 bits per heavy atom. The second-order valence-corrected chi connectivity index (χ2v) is 3.48. The molecule has 17 heavy (non-hydrogen) atoms. The third kappa shape index (κ3) is 2.26. The Bertz CT molecular complexity index is 565. The van der Waals surface area contributed by atoms with E-state index < -0.39 is 11.8 Å². The minimum atomic E-state index is -1.20. The number of aromatic carboxylic acids is 1. The summed E-state index contributed by atoms with van der Waals surface area (Å²) in [5.41, 5.74) is 0.449. The number of halogens is 1. The molecule has 2 rings (SSSR count). The van der Waals surface area contributed by atoms with Gasteiger partial charge in [-0.05, 0) is 19.1 Å². The molecular formula is C11H11FN2O3. The fraction of sp³-hybridized carbons (Fsp3) is 0.273. The molecule has 0 unspecified atom stereocenters. The number of nitrogens with one attached hydrogen (secondary N) is 1. The Kier molecular flexibility index (Phi) is 3.06. The Hall–Kier alpha value is -1.95. The number of H-pyrrole nitrogens is 1. The van der Waals surface area contributed by atoms with Gasteiger partial charge in [-0.2, -0.15) is 0 Å². The molecule has 0 radical (unpaired) electrons. The number of rotatable bonds is 4. The Morgan fingerprint density at radius 1 is 1.59 bits per heavy atom. The molecule has 6 heteroatoms. The molecule has 0 aliphatic carbocycles. The molecule has 0 fully saturated rings. The number of fused-ring (bicyclic) bond motifs is 1. The second kappa shape index (κ2) is 4.50. The number of ether oxygens (including phenoxy) is 1. The van der Waals surface area contributed by atoms with Gasteiger partial charge in [0.1, 0.15) is 23.8 Å². The maximum absolute atomic E-state index is 13.2. The average molecular weight is 238 g/mol. The summed E-state index contributed by atoms with van der Waals surface area (Å²) in [6.07, 6.45) is 0. The highest BCUT2D eigenvalue weighted by Crippen LogP contribution is 2.19. The molecule has 1 aromatic carbocycles. The van der Waals surface area contributed by atoms with E-state index in [0.717, 1.165) is 6.07 Å². The lowest BCUT2D eigenvalue weighted by Gasteiger charge is -1.95. The highest BCUT2D eigenvalue weighted by Gasteiger charge is 2.14. The monoisotopic (exact) mass is 238 g/mol. The number of carboxylic acids is 1.